The fourth-order valence-electron chi connectivity index (χ4n) is 1.06. The Balaban J connectivity index is 2.84. The van der Waals surface area contributed by atoms with E-state index in [1.807, 2.05) is 6.07 Å². The van der Waals surface area contributed by atoms with Gasteiger partial charge in [-0.15, -0.1) is 0 Å². The molecule has 1 heterocycles. The van der Waals surface area contributed by atoms with Crippen LogP contribution in [0.25, 0.3) is 0 Å². The Morgan fingerprint density at radius 2 is 2.25 bits per heavy atom. The van der Waals surface area contributed by atoms with E-state index in [0.717, 1.165) is 7.11 Å². The van der Waals surface area contributed by atoms with Gasteiger partial charge in [-0.2, -0.15) is 5.26 Å². The van der Waals surface area contributed by atoms with E-state index in [0.29, 0.717) is 5.56 Å². The molecule has 0 amide bonds. The van der Waals surface area contributed by atoms with Gasteiger partial charge in [-0.1, -0.05) is 0 Å². The van der Waals surface area contributed by atoms with Crippen LogP contribution in [0.3, 0.4) is 0 Å². The number of carbonyl (C=O) groups is 1. The van der Waals surface area contributed by atoms with Gasteiger partial charge in [0.25, 0.3) is 0 Å². The maximum Gasteiger partial charge on any atom is 0.337 e. The number of methoxy groups -OCH3 is 1. The van der Waals surface area contributed by atoms with Crippen LogP contribution >= 0.6 is 0 Å². The average molecular weight is 222 g/mol. The Morgan fingerprint density at radius 3 is 2.69 bits per heavy atom. The number of nitrogens with zero attached hydrogens (tertiary/aromatic N) is 2. The number of hydrogen-bond donors (Lipinski definition) is 2. The van der Waals surface area contributed by atoms with E-state index in [2.05, 4.69) is 9.72 Å². The number of aliphatic hydroxyl groups is 2. The third-order valence-electron chi connectivity index (χ3n) is 1.96. The van der Waals surface area contributed by atoms with E-state index in [-0.39, 0.29) is 5.69 Å². The SMILES string of the molecule is COC(=O)C(O)C(O)c1ccc(C#N)cn1. The van der Waals surface area contributed by atoms with Crippen LogP contribution in [0.2, 0.25) is 0 Å². The number of aliphatic hydroxyl groups excluding tert-OH is 2. The van der Waals surface area contributed by atoms with E-state index < -0.39 is 18.2 Å². The standard InChI is InChI=1S/C10H10N2O4/c1-16-10(15)9(14)8(13)7-3-2-6(4-11)5-12-7/h2-3,5,8-9,13-14H,1H3. The third-order valence-corrected chi connectivity index (χ3v) is 1.96. The third kappa shape index (κ3) is 2.53. The van der Waals surface area contributed by atoms with Gasteiger partial charge in [0.1, 0.15) is 12.2 Å². The average Bonchev–Trinajstić information content (AvgIpc) is 2.36. The van der Waals surface area contributed by atoms with E-state index in [1.165, 1.54) is 18.3 Å². The van der Waals surface area contributed by atoms with Gasteiger partial charge >= 0.3 is 5.97 Å². The summed E-state index contributed by atoms with van der Waals surface area (Å²) < 4.78 is 4.27. The second kappa shape index (κ2) is 5.21. The van der Waals surface area contributed by atoms with Crippen LogP contribution in [0, 0.1) is 11.3 Å². The molecule has 0 fully saturated rings. The Labute approximate surface area is 91.7 Å². The Bertz CT molecular complexity index is 410. The topological polar surface area (TPSA) is 103 Å². The summed E-state index contributed by atoms with van der Waals surface area (Å²) in [5.41, 5.74) is 0.417. The number of hydrogen-bond acceptors (Lipinski definition) is 6. The van der Waals surface area contributed by atoms with Crippen LogP contribution in [0.5, 0.6) is 0 Å². The molecular formula is C10H10N2O4. The molecule has 1 aromatic rings. The molecule has 84 valence electrons. The Kier molecular flexibility index (Phi) is 3.94. The maximum absolute atomic E-state index is 10.9. The molecule has 2 N–H and O–H groups in total. The minimum atomic E-state index is -1.69. The van der Waals surface area contributed by atoms with Gasteiger partial charge in [-0.05, 0) is 12.1 Å². The molecular weight excluding hydrogens is 212 g/mol. The molecule has 0 spiro atoms. The summed E-state index contributed by atoms with van der Waals surface area (Å²) in [6, 6.07) is 4.64. The molecule has 0 saturated carbocycles. The Morgan fingerprint density at radius 1 is 1.56 bits per heavy atom. The summed E-state index contributed by atoms with van der Waals surface area (Å²) in [5.74, 6) is -0.946. The number of ether oxygens (including phenoxy) is 1. The zero-order valence-corrected chi connectivity index (χ0v) is 8.49. The van der Waals surface area contributed by atoms with Gasteiger partial charge in [0, 0.05) is 6.20 Å². The summed E-state index contributed by atoms with van der Waals surface area (Å²) in [6.07, 6.45) is -1.92. The van der Waals surface area contributed by atoms with Crippen LogP contribution < -0.4 is 0 Å². The van der Waals surface area contributed by atoms with Gasteiger partial charge in [0.15, 0.2) is 6.10 Å². The molecule has 2 unspecified atom stereocenters. The zero-order chi connectivity index (χ0) is 12.1. The van der Waals surface area contributed by atoms with Crippen molar-refractivity contribution < 1.29 is 19.7 Å². The summed E-state index contributed by atoms with van der Waals surface area (Å²) in [5, 5.41) is 27.4. The van der Waals surface area contributed by atoms with Crippen LogP contribution in [-0.2, 0) is 9.53 Å². The number of nitriles is 1. The normalized spacial score (nSPS) is 13.6. The van der Waals surface area contributed by atoms with Crippen LogP contribution in [-0.4, -0.2) is 34.4 Å². The highest BCUT2D eigenvalue weighted by atomic mass is 16.5. The lowest BCUT2D eigenvalue weighted by Crippen LogP contribution is -2.29. The quantitative estimate of drug-likeness (QED) is 0.669. The number of aromatic nitrogens is 1. The van der Waals surface area contributed by atoms with Gasteiger partial charge in [0.05, 0.1) is 18.4 Å². The van der Waals surface area contributed by atoms with Gasteiger partial charge < -0.3 is 14.9 Å². The van der Waals surface area contributed by atoms with E-state index in [9.17, 15) is 15.0 Å². The molecule has 0 aromatic carbocycles. The summed E-state index contributed by atoms with van der Waals surface area (Å²) in [4.78, 5) is 14.7. The van der Waals surface area contributed by atoms with E-state index in [4.69, 9.17) is 5.26 Å². The lowest BCUT2D eigenvalue weighted by Gasteiger charge is -2.14. The van der Waals surface area contributed by atoms with Crippen molar-refractivity contribution in [3.63, 3.8) is 0 Å². The highest BCUT2D eigenvalue weighted by Crippen LogP contribution is 2.15. The largest absolute Gasteiger partial charge is 0.467 e. The first-order chi connectivity index (χ1) is 7.60. The number of rotatable bonds is 3. The fourth-order valence-corrected chi connectivity index (χ4v) is 1.06. The van der Waals surface area contributed by atoms with Crippen molar-refractivity contribution in [3.05, 3.63) is 29.6 Å². The maximum atomic E-state index is 10.9. The number of carbonyl (C=O) groups excluding carboxylic acids is 1. The predicted octanol–water partition coefficient (Wildman–Crippen LogP) is -0.479. The number of pyridine rings is 1. The minimum absolute atomic E-state index is 0.0944. The lowest BCUT2D eigenvalue weighted by atomic mass is 10.1. The minimum Gasteiger partial charge on any atom is -0.467 e. The van der Waals surface area contributed by atoms with E-state index in [1.54, 1.807) is 0 Å². The predicted molar refractivity (Wildman–Crippen MR) is 51.9 cm³/mol. The summed E-state index contributed by atoms with van der Waals surface area (Å²) >= 11 is 0. The molecule has 6 nitrogen and oxygen atoms in total. The van der Waals surface area contributed by atoms with Crippen molar-refractivity contribution in [3.8, 4) is 6.07 Å². The molecule has 0 aliphatic rings. The van der Waals surface area contributed by atoms with Gasteiger partial charge in [0.2, 0.25) is 0 Å². The molecule has 1 rings (SSSR count). The van der Waals surface area contributed by atoms with Crippen molar-refractivity contribution >= 4 is 5.97 Å². The van der Waals surface area contributed by atoms with Crippen molar-refractivity contribution in [2.45, 2.75) is 12.2 Å². The first-order valence-corrected chi connectivity index (χ1v) is 4.40. The Hall–Kier alpha value is -1.97. The van der Waals surface area contributed by atoms with Crippen LogP contribution in [0.15, 0.2) is 18.3 Å². The molecule has 2 atom stereocenters. The molecule has 16 heavy (non-hydrogen) atoms. The lowest BCUT2D eigenvalue weighted by molar-refractivity contribution is -0.157. The highest BCUT2D eigenvalue weighted by molar-refractivity contribution is 5.75. The first kappa shape index (κ1) is 12.1. The van der Waals surface area contributed by atoms with Crippen molar-refractivity contribution in [2.75, 3.05) is 7.11 Å². The molecule has 0 saturated heterocycles. The molecule has 0 bridgehead atoms. The van der Waals surface area contributed by atoms with Gasteiger partial charge in [-0.25, -0.2) is 4.79 Å². The molecule has 0 radical (unpaired) electrons. The zero-order valence-electron chi connectivity index (χ0n) is 8.49. The molecule has 0 aliphatic carbocycles. The van der Waals surface area contributed by atoms with E-state index >= 15 is 0 Å². The first-order valence-electron chi connectivity index (χ1n) is 4.40. The fraction of sp³-hybridized carbons (Fsp3) is 0.300. The second-order valence-electron chi connectivity index (χ2n) is 3.00. The van der Waals surface area contributed by atoms with Crippen molar-refractivity contribution in [1.82, 2.24) is 4.98 Å². The summed E-state index contributed by atoms with van der Waals surface area (Å²) in [6.45, 7) is 0. The van der Waals surface area contributed by atoms with Crippen LogP contribution in [0.4, 0.5) is 0 Å². The number of esters is 1. The molecule has 6 heteroatoms. The molecule has 0 aliphatic heterocycles. The summed E-state index contributed by atoms with van der Waals surface area (Å²) in [7, 11) is 1.10. The second-order valence-corrected chi connectivity index (χ2v) is 3.00. The monoisotopic (exact) mass is 222 g/mol. The molecule has 1 aromatic heterocycles. The highest BCUT2D eigenvalue weighted by Gasteiger charge is 2.27. The van der Waals surface area contributed by atoms with Gasteiger partial charge in [-0.3, -0.25) is 4.98 Å². The van der Waals surface area contributed by atoms with Crippen LogP contribution in [0.1, 0.15) is 17.4 Å². The van der Waals surface area contributed by atoms with Crippen molar-refractivity contribution in [2.24, 2.45) is 0 Å². The smallest absolute Gasteiger partial charge is 0.337 e. The van der Waals surface area contributed by atoms with Crippen molar-refractivity contribution in [1.29, 1.82) is 5.26 Å².